The summed E-state index contributed by atoms with van der Waals surface area (Å²) in [5.74, 6) is 0. The van der Waals surface area contributed by atoms with Gasteiger partial charge in [-0.25, -0.2) is 0 Å². The van der Waals surface area contributed by atoms with Gasteiger partial charge in [0.25, 0.3) is 0 Å². The summed E-state index contributed by atoms with van der Waals surface area (Å²) in [4.78, 5) is 6.95. The number of aryl methyl sites for hydroxylation is 1. The van der Waals surface area contributed by atoms with Crippen LogP contribution in [0.2, 0.25) is 0 Å². The van der Waals surface area contributed by atoms with Gasteiger partial charge in [0.2, 0.25) is 0 Å². The zero-order valence-electron chi connectivity index (χ0n) is 14.4. The van der Waals surface area contributed by atoms with Gasteiger partial charge in [-0.1, -0.05) is 11.6 Å². The van der Waals surface area contributed by atoms with E-state index in [1.54, 1.807) is 0 Å². The van der Waals surface area contributed by atoms with Crippen LogP contribution in [0.5, 0.6) is 0 Å². The number of nitrogens with one attached hydrogen (secondary N) is 1. The van der Waals surface area contributed by atoms with Crippen molar-refractivity contribution < 1.29 is 4.74 Å². The first-order chi connectivity index (χ1) is 11.1. The maximum absolute atomic E-state index is 5.79. The summed E-state index contributed by atoms with van der Waals surface area (Å²) in [6, 6.07) is 8.48. The van der Waals surface area contributed by atoms with Gasteiger partial charge >= 0.3 is 0 Å². The van der Waals surface area contributed by atoms with E-state index in [1.807, 2.05) is 6.20 Å². The minimum Gasteiger partial charge on any atom is -0.384 e. The third kappa shape index (κ3) is 4.21. The van der Waals surface area contributed by atoms with Crippen molar-refractivity contribution in [2.45, 2.75) is 39.4 Å². The molecule has 0 saturated carbocycles. The highest BCUT2D eigenvalue weighted by atomic mass is 16.5. The van der Waals surface area contributed by atoms with Crippen molar-refractivity contribution in [2.24, 2.45) is 0 Å². The molecule has 1 saturated heterocycles. The molecule has 2 aromatic rings. The van der Waals surface area contributed by atoms with E-state index in [-0.39, 0.29) is 0 Å². The van der Waals surface area contributed by atoms with Crippen molar-refractivity contribution in [2.75, 3.05) is 31.5 Å². The molecule has 2 unspecified atom stereocenters. The molecular weight excluding hydrogens is 286 g/mol. The highest BCUT2D eigenvalue weighted by Gasteiger charge is 2.21. The Hall–Kier alpha value is -1.65. The quantitative estimate of drug-likeness (QED) is 0.858. The Bertz CT molecular complexity index is 648. The smallest absolute Gasteiger partial charge is 0.0722 e. The van der Waals surface area contributed by atoms with E-state index >= 15 is 0 Å². The minimum absolute atomic E-state index is 0.346. The molecule has 0 radical (unpaired) electrons. The number of ether oxygens (including phenoxy) is 1. The van der Waals surface area contributed by atoms with Gasteiger partial charge in [0.15, 0.2) is 0 Å². The molecule has 0 aliphatic carbocycles. The summed E-state index contributed by atoms with van der Waals surface area (Å²) < 4.78 is 5.79. The predicted molar refractivity (Wildman–Crippen MR) is 96.0 cm³/mol. The molecule has 3 rings (SSSR count). The predicted octanol–water partition coefficient (Wildman–Crippen LogP) is 3.45. The second-order valence-corrected chi connectivity index (χ2v) is 6.68. The van der Waals surface area contributed by atoms with E-state index in [0.29, 0.717) is 12.2 Å². The van der Waals surface area contributed by atoms with Crippen LogP contribution in [0.4, 0.5) is 5.69 Å². The third-order valence-corrected chi connectivity index (χ3v) is 4.36. The van der Waals surface area contributed by atoms with E-state index in [9.17, 15) is 0 Å². The molecule has 1 aliphatic heterocycles. The number of morpholine rings is 1. The molecule has 1 aromatic carbocycles. The Labute approximate surface area is 138 Å². The van der Waals surface area contributed by atoms with Crippen LogP contribution in [0.1, 0.15) is 25.8 Å². The molecule has 0 spiro atoms. The SMILES string of the molecule is Cc1ccc2nccc(NCCCN3CC(C)OC(C)C3)c2c1. The lowest BCUT2D eigenvalue weighted by Gasteiger charge is -2.35. The number of aromatic nitrogens is 1. The largest absolute Gasteiger partial charge is 0.384 e. The first kappa shape index (κ1) is 16.2. The maximum Gasteiger partial charge on any atom is 0.0722 e. The standard InChI is InChI=1S/C19H27N3O/c1-14-5-6-18-17(11-14)19(7-9-21-18)20-8-4-10-22-12-15(2)23-16(3)13-22/h5-7,9,11,15-16H,4,8,10,12-13H2,1-3H3,(H,20,21). The molecule has 1 N–H and O–H groups in total. The Kier molecular flexibility index (Phi) is 5.13. The molecule has 1 aromatic heterocycles. The number of hydrogen-bond donors (Lipinski definition) is 1. The summed E-state index contributed by atoms with van der Waals surface area (Å²) in [7, 11) is 0. The van der Waals surface area contributed by atoms with Crippen LogP contribution < -0.4 is 5.32 Å². The van der Waals surface area contributed by atoms with Crippen LogP contribution in [-0.2, 0) is 4.74 Å². The fourth-order valence-electron chi connectivity index (χ4n) is 3.41. The third-order valence-electron chi connectivity index (χ3n) is 4.36. The lowest BCUT2D eigenvalue weighted by atomic mass is 10.1. The summed E-state index contributed by atoms with van der Waals surface area (Å²) in [6.45, 7) is 10.6. The molecule has 4 heteroatoms. The second-order valence-electron chi connectivity index (χ2n) is 6.68. The van der Waals surface area contributed by atoms with Crippen LogP contribution in [-0.4, -0.2) is 48.3 Å². The first-order valence-corrected chi connectivity index (χ1v) is 8.59. The lowest BCUT2D eigenvalue weighted by Crippen LogP contribution is -2.45. The first-order valence-electron chi connectivity index (χ1n) is 8.59. The van der Waals surface area contributed by atoms with Crippen LogP contribution in [0.3, 0.4) is 0 Å². The van der Waals surface area contributed by atoms with Gasteiger partial charge in [-0.3, -0.25) is 9.88 Å². The number of fused-ring (bicyclic) bond motifs is 1. The van der Waals surface area contributed by atoms with Gasteiger partial charge in [-0.15, -0.1) is 0 Å². The topological polar surface area (TPSA) is 37.4 Å². The lowest BCUT2D eigenvalue weighted by molar-refractivity contribution is -0.0678. The Morgan fingerprint density at radius 2 is 2.00 bits per heavy atom. The Morgan fingerprint density at radius 1 is 1.22 bits per heavy atom. The highest BCUT2D eigenvalue weighted by molar-refractivity contribution is 5.91. The van der Waals surface area contributed by atoms with E-state index in [1.165, 1.54) is 16.6 Å². The van der Waals surface area contributed by atoms with Crippen LogP contribution in [0.25, 0.3) is 10.9 Å². The minimum atomic E-state index is 0.346. The normalized spacial score (nSPS) is 22.4. The number of hydrogen-bond acceptors (Lipinski definition) is 4. The second kappa shape index (κ2) is 7.28. The zero-order chi connectivity index (χ0) is 16.2. The van der Waals surface area contributed by atoms with Gasteiger partial charge in [0.1, 0.15) is 0 Å². The van der Waals surface area contributed by atoms with Crippen molar-refractivity contribution in [3.63, 3.8) is 0 Å². The Morgan fingerprint density at radius 3 is 2.78 bits per heavy atom. The van der Waals surface area contributed by atoms with E-state index in [4.69, 9.17) is 4.74 Å². The highest BCUT2D eigenvalue weighted by Crippen LogP contribution is 2.22. The van der Waals surface area contributed by atoms with Crippen molar-refractivity contribution >= 4 is 16.6 Å². The van der Waals surface area contributed by atoms with E-state index in [0.717, 1.165) is 38.1 Å². The average Bonchev–Trinajstić information content (AvgIpc) is 2.51. The van der Waals surface area contributed by atoms with Crippen molar-refractivity contribution in [1.82, 2.24) is 9.88 Å². The van der Waals surface area contributed by atoms with Gasteiger partial charge in [0, 0.05) is 43.4 Å². The molecule has 4 nitrogen and oxygen atoms in total. The van der Waals surface area contributed by atoms with Gasteiger partial charge in [-0.2, -0.15) is 0 Å². The van der Waals surface area contributed by atoms with Crippen LogP contribution in [0.15, 0.2) is 30.5 Å². The molecule has 23 heavy (non-hydrogen) atoms. The zero-order valence-corrected chi connectivity index (χ0v) is 14.4. The monoisotopic (exact) mass is 313 g/mol. The fraction of sp³-hybridized carbons (Fsp3) is 0.526. The Balaban J connectivity index is 1.54. The van der Waals surface area contributed by atoms with Gasteiger partial charge in [0.05, 0.1) is 17.7 Å². The summed E-state index contributed by atoms with van der Waals surface area (Å²) in [5.41, 5.74) is 3.50. The van der Waals surface area contributed by atoms with E-state index in [2.05, 4.69) is 60.2 Å². The number of pyridine rings is 1. The number of benzene rings is 1. The molecule has 1 fully saturated rings. The maximum atomic E-state index is 5.79. The summed E-state index contributed by atoms with van der Waals surface area (Å²) in [5, 5.41) is 4.79. The number of rotatable bonds is 5. The van der Waals surface area contributed by atoms with Crippen LogP contribution in [0, 0.1) is 6.92 Å². The fourth-order valence-corrected chi connectivity index (χ4v) is 3.41. The molecule has 1 aliphatic rings. The van der Waals surface area contributed by atoms with Gasteiger partial charge < -0.3 is 10.1 Å². The van der Waals surface area contributed by atoms with E-state index < -0.39 is 0 Å². The molecule has 2 heterocycles. The summed E-state index contributed by atoms with van der Waals surface area (Å²) in [6.07, 6.45) is 3.71. The van der Waals surface area contributed by atoms with Crippen LogP contribution >= 0.6 is 0 Å². The molecule has 2 atom stereocenters. The number of anilines is 1. The van der Waals surface area contributed by atoms with Crippen molar-refractivity contribution in [3.05, 3.63) is 36.0 Å². The average molecular weight is 313 g/mol. The van der Waals surface area contributed by atoms with Gasteiger partial charge in [-0.05, 0) is 45.4 Å². The molecule has 124 valence electrons. The van der Waals surface area contributed by atoms with Crippen molar-refractivity contribution in [3.8, 4) is 0 Å². The molecular formula is C19H27N3O. The molecule has 0 amide bonds. The molecule has 0 bridgehead atoms. The van der Waals surface area contributed by atoms with Crippen molar-refractivity contribution in [1.29, 1.82) is 0 Å². The summed E-state index contributed by atoms with van der Waals surface area (Å²) >= 11 is 0. The number of nitrogens with zero attached hydrogens (tertiary/aromatic N) is 2.